The molecule has 0 amide bonds. The highest BCUT2D eigenvalue weighted by Crippen LogP contribution is 1.87. The third kappa shape index (κ3) is 4.28. The summed E-state index contributed by atoms with van der Waals surface area (Å²) < 4.78 is 0. The summed E-state index contributed by atoms with van der Waals surface area (Å²) in [6.45, 7) is 0.838. The Hall–Kier alpha value is 0.120. The second-order valence-electron chi connectivity index (χ2n) is 1.44. The fraction of sp³-hybridized carbons (Fsp3) is 0.600. The van der Waals surface area contributed by atoms with Gasteiger partial charge in [-0.15, -0.1) is 11.6 Å². The lowest BCUT2D eigenvalue weighted by atomic mass is 10.6. The van der Waals surface area contributed by atoms with E-state index >= 15 is 0 Å². The summed E-state index contributed by atoms with van der Waals surface area (Å²) in [5.41, 5.74) is 1.46. The molecule has 0 atom stereocenters. The van der Waals surface area contributed by atoms with Gasteiger partial charge in [0.15, 0.2) is 0 Å². The molecule has 0 radical (unpaired) electrons. The van der Waals surface area contributed by atoms with Gasteiger partial charge in [-0.1, -0.05) is 11.6 Å². The summed E-state index contributed by atoms with van der Waals surface area (Å²) in [6.07, 6.45) is 1.77. The maximum atomic E-state index is 5.41. The first-order chi connectivity index (χ1) is 3.81. The predicted molar refractivity (Wildman–Crippen MR) is 38.3 cm³/mol. The molecule has 1 nitrogen and oxygen atoms in total. The van der Waals surface area contributed by atoms with Crippen molar-refractivity contribution in [3.8, 4) is 0 Å². The van der Waals surface area contributed by atoms with Crippen LogP contribution in [0.2, 0.25) is 0 Å². The number of alkyl halides is 1. The van der Waals surface area contributed by atoms with E-state index in [1.165, 1.54) is 5.54 Å². The fourth-order valence-electron chi connectivity index (χ4n) is 0.304. The Bertz CT molecular complexity index is 72.8. The summed E-state index contributed by atoms with van der Waals surface area (Å²) in [4.78, 5) is 1.92. The van der Waals surface area contributed by atoms with Gasteiger partial charge in [0.25, 0.3) is 0 Å². The van der Waals surface area contributed by atoms with E-state index in [9.17, 15) is 0 Å². The number of halogens is 2. The lowest BCUT2D eigenvalue weighted by molar-refractivity contribution is 0.488. The molecule has 0 fully saturated rings. The van der Waals surface area contributed by atoms with E-state index < -0.39 is 0 Å². The van der Waals surface area contributed by atoms with E-state index in [4.69, 9.17) is 23.2 Å². The van der Waals surface area contributed by atoms with Gasteiger partial charge in [0.05, 0.1) is 0 Å². The Morgan fingerprint density at radius 1 is 1.62 bits per heavy atom. The van der Waals surface area contributed by atoms with Gasteiger partial charge in [0, 0.05) is 31.2 Å². The molecule has 0 saturated carbocycles. The average molecular weight is 154 g/mol. The van der Waals surface area contributed by atoms with Crippen LogP contribution >= 0.6 is 23.2 Å². The third-order valence-electron chi connectivity index (χ3n) is 0.748. The first-order valence-electron chi connectivity index (χ1n) is 2.34. The molecule has 0 rings (SSSR count). The first kappa shape index (κ1) is 8.12. The molecule has 0 aliphatic heterocycles. The predicted octanol–water partition coefficient (Wildman–Crippen LogP) is 1.87. The lowest BCUT2D eigenvalue weighted by Gasteiger charge is -2.08. The van der Waals surface area contributed by atoms with Crippen molar-refractivity contribution in [2.45, 2.75) is 0 Å². The van der Waals surface area contributed by atoms with Crippen molar-refractivity contribution in [2.24, 2.45) is 0 Å². The Kier molecular flexibility index (Phi) is 5.34. The molecule has 0 spiro atoms. The smallest absolute Gasteiger partial charge is 0.0399 e. The minimum atomic E-state index is 0.637. The van der Waals surface area contributed by atoms with Crippen LogP contribution in [0.5, 0.6) is 0 Å². The normalized spacial score (nSPS) is 10.4. The zero-order valence-electron chi connectivity index (χ0n) is 4.77. The molecule has 0 aromatic carbocycles. The molecule has 48 valence electrons. The van der Waals surface area contributed by atoms with E-state index in [1.54, 1.807) is 6.20 Å². The largest absolute Gasteiger partial charge is 0.379 e. The van der Waals surface area contributed by atoms with Crippen molar-refractivity contribution in [1.82, 2.24) is 4.90 Å². The van der Waals surface area contributed by atoms with Crippen molar-refractivity contribution in [3.05, 3.63) is 11.7 Å². The van der Waals surface area contributed by atoms with Crippen LogP contribution in [0.1, 0.15) is 0 Å². The van der Waals surface area contributed by atoms with Crippen LogP contribution in [0.4, 0.5) is 0 Å². The zero-order valence-corrected chi connectivity index (χ0v) is 6.28. The van der Waals surface area contributed by atoms with Crippen LogP contribution in [-0.4, -0.2) is 24.4 Å². The van der Waals surface area contributed by atoms with Gasteiger partial charge in [-0.25, -0.2) is 0 Å². The van der Waals surface area contributed by atoms with Crippen LogP contribution in [0.3, 0.4) is 0 Å². The number of hydrogen-bond acceptors (Lipinski definition) is 1. The molecule has 0 aromatic heterocycles. The second-order valence-corrected chi connectivity index (χ2v) is 2.07. The highest BCUT2D eigenvalue weighted by Gasteiger charge is 1.84. The summed E-state index contributed by atoms with van der Waals surface area (Å²) in [6, 6.07) is 0. The molecular formula is C5H9Cl2N. The minimum Gasteiger partial charge on any atom is -0.379 e. The van der Waals surface area contributed by atoms with Gasteiger partial charge in [-0.2, -0.15) is 0 Å². The topological polar surface area (TPSA) is 3.24 Å². The minimum absolute atomic E-state index is 0.637. The maximum Gasteiger partial charge on any atom is 0.0399 e. The third-order valence-corrected chi connectivity index (χ3v) is 1.03. The molecule has 0 aliphatic rings. The van der Waals surface area contributed by atoms with Crippen molar-refractivity contribution >= 4 is 23.2 Å². The van der Waals surface area contributed by atoms with E-state index in [0.717, 1.165) is 6.54 Å². The number of rotatable bonds is 3. The molecule has 0 saturated heterocycles. The van der Waals surface area contributed by atoms with Gasteiger partial charge in [-0.3, -0.25) is 0 Å². The lowest BCUT2D eigenvalue weighted by Crippen LogP contribution is -2.12. The summed E-state index contributed by atoms with van der Waals surface area (Å²) >= 11 is 10.7. The zero-order chi connectivity index (χ0) is 6.41. The van der Waals surface area contributed by atoms with Gasteiger partial charge in [0.1, 0.15) is 0 Å². The van der Waals surface area contributed by atoms with E-state index in [0.29, 0.717) is 5.88 Å². The van der Waals surface area contributed by atoms with E-state index in [2.05, 4.69) is 0 Å². The molecule has 8 heavy (non-hydrogen) atoms. The Labute approximate surface area is 59.9 Å². The highest BCUT2D eigenvalue weighted by molar-refractivity contribution is 6.25. The fourth-order valence-corrected chi connectivity index (χ4v) is 0.763. The molecule has 0 unspecified atom stereocenters. The molecular weight excluding hydrogens is 145 g/mol. The summed E-state index contributed by atoms with van der Waals surface area (Å²) in [5.74, 6) is 0.637. The van der Waals surface area contributed by atoms with Crippen LogP contribution in [0, 0.1) is 0 Å². The Morgan fingerprint density at radius 2 is 2.25 bits per heavy atom. The Morgan fingerprint density at radius 3 is 2.62 bits per heavy atom. The van der Waals surface area contributed by atoms with Crippen LogP contribution < -0.4 is 0 Å². The van der Waals surface area contributed by atoms with Crippen molar-refractivity contribution in [3.63, 3.8) is 0 Å². The van der Waals surface area contributed by atoms with Crippen molar-refractivity contribution in [1.29, 1.82) is 0 Å². The number of hydrogen-bond donors (Lipinski definition) is 0. The maximum absolute atomic E-state index is 5.41. The highest BCUT2D eigenvalue weighted by atomic mass is 35.5. The van der Waals surface area contributed by atoms with Crippen LogP contribution in [-0.2, 0) is 0 Å². The van der Waals surface area contributed by atoms with Crippen LogP contribution in [0.15, 0.2) is 11.7 Å². The van der Waals surface area contributed by atoms with Gasteiger partial charge in [-0.05, 0) is 0 Å². The Balaban J connectivity index is 3.17. The van der Waals surface area contributed by atoms with Gasteiger partial charge < -0.3 is 4.90 Å². The monoisotopic (exact) mass is 153 g/mol. The molecule has 0 aliphatic carbocycles. The van der Waals surface area contributed by atoms with Crippen molar-refractivity contribution in [2.75, 3.05) is 19.5 Å². The average Bonchev–Trinajstić information content (AvgIpc) is 1.68. The van der Waals surface area contributed by atoms with Crippen LogP contribution in [0.25, 0.3) is 0 Å². The van der Waals surface area contributed by atoms with E-state index in [1.807, 2.05) is 11.9 Å². The molecule has 3 heteroatoms. The molecule has 0 N–H and O–H groups in total. The standard InChI is InChI=1S/C5H9Cl2N/c1-8(4-2-6)5-3-7/h2,4H,3,5H2,1H3. The summed E-state index contributed by atoms with van der Waals surface area (Å²) in [5, 5.41) is 0. The second kappa shape index (κ2) is 5.26. The quantitative estimate of drug-likeness (QED) is 0.561. The van der Waals surface area contributed by atoms with Crippen molar-refractivity contribution < 1.29 is 0 Å². The number of nitrogens with zero attached hydrogens (tertiary/aromatic N) is 1. The molecule has 0 bridgehead atoms. The molecule has 0 heterocycles. The van der Waals surface area contributed by atoms with Gasteiger partial charge in [0.2, 0.25) is 0 Å². The summed E-state index contributed by atoms with van der Waals surface area (Å²) in [7, 11) is 1.92. The molecule has 0 aromatic rings. The van der Waals surface area contributed by atoms with Gasteiger partial charge >= 0.3 is 0 Å². The SMILES string of the molecule is CN(C=CCl)CCCl. The van der Waals surface area contributed by atoms with E-state index in [-0.39, 0.29) is 0 Å². The first-order valence-corrected chi connectivity index (χ1v) is 3.31.